The maximum absolute atomic E-state index is 4.15. The summed E-state index contributed by atoms with van der Waals surface area (Å²) < 4.78 is 0. The van der Waals surface area contributed by atoms with Gasteiger partial charge in [-0.2, -0.15) is 5.10 Å². The molecule has 1 atom stereocenters. The normalized spacial score (nSPS) is 12.2. The van der Waals surface area contributed by atoms with E-state index in [9.17, 15) is 0 Å². The van der Waals surface area contributed by atoms with Crippen molar-refractivity contribution in [2.24, 2.45) is 0 Å². The summed E-state index contributed by atoms with van der Waals surface area (Å²) in [5.41, 5.74) is 4.40. The molecule has 3 rings (SSSR count). The summed E-state index contributed by atoms with van der Waals surface area (Å²) in [7, 11) is 0. The van der Waals surface area contributed by atoms with Crippen LogP contribution in [0.15, 0.2) is 55.2 Å². The maximum Gasteiger partial charge on any atom is 0.0710 e. The van der Waals surface area contributed by atoms with Gasteiger partial charge in [-0.3, -0.25) is 15.1 Å². The molecule has 3 aromatic heterocycles. The number of nitrogens with one attached hydrogen (secondary N) is 2. The Kier molecular flexibility index (Phi) is 4.02. The highest BCUT2D eigenvalue weighted by molar-refractivity contribution is 5.61. The molecule has 5 nitrogen and oxygen atoms in total. The molecule has 0 radical (unpaired) electrons. The lowest BCUT2D eigenvalue weighted by Gasteiger charge is -2.14. The van der Waals surface area contributed by atoms with Crippen molar-refractivity contribution in [3.8, 4) is 11.3 Å². The van der Waals surface area contributed by atoms with E-state index < -0.39 is 0 Å². The fourth-order valence-electron chi connectivity index (χ4n) is 2.24. The molecule has 3 heterocycles. The lowest BCUT2D eigenvalue weighted by molar-refractivity contribution is 0.575. The van der Waals surface area contributed by atoms with Crippen LogP contribution in [0.4, 0.5) is 0 Å². The van der Waals surface area contributed by atoms with Gasteiger partial charge in [0.1, 0.15) is 0 Å². The third-order valence-electron chi connectivity index (χ3n) is 3.47. The molecule has 0 bridgehead atoms. The second kappa shape index (κ2) is 6.28. The number of aromatic nitrogens is 4. The molecule has 0 saturated heterocycles. The summed E-state index contributed by atoms with van der Waals surface area (Å²) in [6.07, 6.45) is 9.08. The Hall–Kier alpha value is -2.53. The van der Waals surface area contributed by atoms with Crippen molar-refractivity contribution in [1.82, 2.24) is 25.5 Å². The van der Waals surface area contributed by atoms with Crippen LogP contribution in [0.2, 0.25) is 0 Å². The van der Waals surface area contributed by atoms with Crippen molar-refractivity contribution in [3.05, 3.63) is 66.4 Å². The monoisotopic (exact) mass is 279 g/mol. The lowest BCUT2D eigenvalue weighted by atomic mass is 10.1. The molecule has 3 aromatic rings. The number of pyridine rings is 2. The molecule has 0 fully saturated rings. The van der Waals surface area contributed by atoms with Gasteiger partial charge in [-0.1, -0.05) is 0 Å². The minimum absolute atomic E-state index is 0.254. The summed E-state index contributed by atoms with van der Waals surface area (Å²) in [4.78, 5) is 8.19. The quantitative estimate of drug-likeness (QED) is 0.753. The predicted octanol–water partition coefficient (Wildman–Crippen LogP) is 2.72. The van der Waals surface area contributed by atoms with E-state index in [1.54, 1.807) is 6.20 Å². The van der Waals surface area contributed by atoms with E-state index in [4.69, 9.17) is 0 Å². The van der Waals surface area contributed by atoms with Crippen molar-refractivity contribution in [1.29, 1.82) is 0 Å². The van der Waals surface area contributed by atoms with Gasteiger partial charge in [0, 0.05) is 48.5 Å². The SMILES string of the molecule is CC(NCc1cn[nH]c1-c1cccnc1)c1ccncc1. The van der Waals surface area contributed by atoms with E-state index in [0.29, 0.717) is 0 Å². The molecule has 1 unspecified atom stereocenters. The Labute approximate surface area is 123 Å². The van der Waals surface area contributed by atoms with Gasteiger partial charge in [0.2, 0.25) is 0 Å². The number of aromatic amines is 1. The summed E-state index contributed by atoms with van der Waals surface area (Å²) in [6.45, 7) is 2.88. The highest BCUT2D eigenvalue weighted by Crippen LogP contribution is 2.20. The van der Waals surface area contributed by atoms with Crippen LogP contribution in [0.5, 0.6) is 0 Å². The zero-order valence-corrected chi connectivity index (χ0v) is 11.8. The van der Waals surface area contributed by atoms with Gasteiger partial charge in [0.05, 0.1) is 11.9 Å². The van der Waals surface area contributed by atoms with Gasteiger partial charge < -0.3 is 5.32 Å². The van der Waals surface area contributed by atoms with Crippen LogP contribution in [-0.2, 0) is 6.54 Å². The lowest BCUT2D eigenvalue weighted by Crippen LogP contribution is -2.18. The average Bonchev–Trinajstić information content (AvgIpc) is 3.03. The van der Waals surface area contributed by atoms with Gasteiger partial charge in [0.25, 0.3) is 0 Å². The fourth-order valence-corrected chi connectivity index (χ4v) is 2.24. The third kappa shape index (κ3) is 3.14. The first kappa shape index (κ1) is 13.5. The summed E-state index contributed by atoms with van der Waals surface area (Å²) >= 11 is 0. The first-order chi connectivity index (χ1) is 10.3. The van der Waals surface area contributed by atoms with Crippen LogP contribution in [0.3, 0.4) is 0 Å². The Bertz CT molecular complexity index is 678. The number of nitrogens with zero attached hydrogens (tertiary/aromatic N) is 3. The van der Waals surface area contributed by atoms with E-state index in [1.165, 1.54) is 5.56 Å². The Balaban J connectivity index is 1.71. The van der Waals surface area contributed by atoms with E-state index >= 15 is 0 Å². The van der Waals surface area contributed by atoms with Gasteiger partial charge in [-0.25, -0.2) is 0 Å². The Morgan fingerprint density at radius 2 is 1.95 bits per heavy atom. The van der Waals surface area contributed by atoms with E-state index in [2.05, 4.69) is 32.4 Å². The molecule has 0 spiro atoms. The van der Waals surface area contributed by atoms with Crippen molar-refractivity contribution >= 4 is 0 Å². The molecule has 21 heavy (non-hydrogen) atoms. The molecular weight excluding hydrogens is 262 g/mol. The average molecular weight is 279 g/mol. The fraction of sp³-hybridized carbons (Fsp3) is 0.188. The van der Waals surface area contributed by atoms with Gasteiger partial charge in [0.15, 0.2) is 0 Å². The standard InChI is InChI=1S/C16H17N5/c1-12(13-4-7-17-8-5-13)19-10-15-11-20-21-16(15)14-3-2-6-18-9-14/h2-9,11-12,19H,10H2,1H3,(H,20,21). The van der Waals surface area contributed by atoms with Crippen LogP contribution in [0.1, 0.15) is 24.1 Å². The van der Waals surface area contributed by atoms with Crippen molar-refractivity contribution < 1.29 is 0 Å². The number of hydrogen-bond donors (Lipinski definition) is 2. The van der Waals surface area contributed by atoms with E-state index in [0.717, 1.165) is 23.4 Å². The van der Waals surface area contributed by atoms with Crippen LogP contribution in [0.25, 0.3) is 11.3 Å². The highest BCUT2D eigenvalue weighted by Gasteiger charge is 2.10. The van der Waals surface area contributed by atoms with Crippen LogP contribution in [0, 0.1) is 0 Å². The Morgan fingerprint density at radius 1 is 1.10 bits per heavy atom. The molecule has 2 N–H and O–H groups in total. The number of hydrogen-bond acceptors (Lipinski definition) is 4. The molecule has 106 valence electrons. The van der Waals surface area contributed by atoms with Gasteiger partial charge in [-0.05, 0) is 36.8 Å². The molecule has 0 aliphatic rings. The third-order valence-corrected chi connectivity index (χ3v) is 3.47. The second-order valence-electron chi connectivity index (χ2n) is 4.90. The van der Waals surface area contributed by atoms with Crippen LogP contribution < -0.4 is 5.32 Å². The molecule has 0 aliphatic carbocycles. The highest BCUT2D eigenvalue weighted by atomic mass is 15.1. The molecule has 5 heteroatoms. The smallest absolute Gasteiger partial charge is 0.0710 e. The van der Waals surface area contributed by atoms with E-state index in [1.807, 2.05) is 49.1 Å². The summed E-state index contributed by atoms with van der Waals surface area (Å²) in [5, 5.41) is 10.7. The van der Waals surface area contributed by atoms with Crippen molar-refractivity contribution in [2.45, 2.75) is 19.5 Å². The van der Waals surface area contributed by atoms with Crippen LogP contribution in [-0.4, -0.2) is 20.2 Å². The number of H-pyrrole nitrogens is 1. The first-order valence-corrected chi connectivity index (χ1v) is 6.90. The van der Waals surface area contributed by atoms with Crippen molar-refractivity contribution in [2.75, 3.05) is 0 Å². The zero-order valence-electron chi connectivity index (χ0n) is 11.8. The zero-order chi connectivity index (χ0) is 14.5. The van der Waals surface area contributed by atoms with Gasteiger partial charge in [-0.15, -0.1) is 0 Å². The number of rotatable bonds is 5. The molecule has 0 saturated carbocycles. The first-order valence-electron chi connectivity index (χ1n) is 6.90. The summed E-state index contributed by atoms with van der Waals surface area (Å²) in [6, 6.07) is 8.25. The Morgan fingerprint density at radius 3 is 2.71 bits per heavy atom. The second-order valence-corrected chi connectivity index (χ2v) is 4.90. The van der Waals surface area contributed by atoms with E-state index in [-0.39, 0.29) is 6.04 Å². The molecular formula is C16H17N5. The molecule has 0 amide bonds. The topological polar surface area (TPSA) is 66.5 Å². The van der Waals surface area contributed by atoms with Crippen molar-refractivity contribution in [3.63, 3.8) is 0 Å². The molecule has 0 aromatic carbocycles. The minimum Gasteiger partial charge on any atom is -0.306 e. The van der Waals surface area contributed by atoms with Gasteiger partial charge >= 0.3 is 0 Å². The summed E-state index contributed by atoms with van der Waals surface area (Å²) in [5.74, 6) is 0. The largest absolute Gasteiger partial charge is 0.306 e. The minimum atomic E-state index is 0.254. The molecule has 0 aliphatic heterocycles. The van der Waals surface area contributed by atoms with Crippen LogP contribution >= 0.6 is 0 Å². The maximum atomic E-state index is 4.15. The predicted molar refractivity (Wildman–Crippen MR) is 81.3 cm³/mol.